The number of para-hydroxylation sites is 2. The van der Waals surface area contributed by atoms with E-state index in [1.807, 2.05) is 54.8 Å². The standard InChI is InChI=1S/C22H23N3O2/c1-2-15-7-3-6-10-20(15)25-21(26)13-19(22(25)27)23-12-11-16-14-24-18-9-5-4-8-17(16)18/h3-10,14,19,23-24H,2,11-13H2,1H3/p+1/t19-/m1/s1. The number of nitrogens with two attached hydrogens (primary N) is 1. The number of imide groups is 1. The molecule has 1 aromatic heterocycles. The highest BCUT2D eigenvalue weighted by atomic mass is 16.2. The number of hydrogen-bond acceptors (Lipinski definition) is 2. The Morgan fingerprint density at radius 2 is 1.85 bits per heavy atom. The maximum absolute atomic E-state index is 12.9. The molecule has 2 heterocycles. The molecule has 1 atom stereocenters. The lowest BCUT2D eigenvalue weighted by atomic mass is 10.1. The molecule has 0 bridgehead atoms. The number of aromatic amines is 1. The van der Waals surface area contributed by atoms with E-state index in [0.29, 0.717) is 0 Å². The van der Waals surface area contributed by atoms with Crippen molar-refractivity contribution in [2.75, 3.05) is 11.4 Å². The number of anilines is 1. The minimum absolute atomic E-state index is 0.0974. The number of hydrogen-bond donors (Lipinski definition) is 2. The monoisotopic (exact) mass is 362 g/mol. The molecule has 5 heteroatoms. The molecule has 2 amide bonds. The summed E-state index contributed by atoms with van der Waals surface area (Å²) in [7, 11) is 0. The summed E-state index contributed by atoms with van der Waals surface area (Å²) in [6.45, 7) is 2.81. The second-order valence-corrected chi connectivity index (χ2v) is 6.99. The molecule has 5 nitrogen and oxygen atoms in total. The van der Waals surface area contributed by atoms with E-state index in [1.54, 1.807) is 0 Å². The maximum Gasteiger partial charge on any atom is 0.292 e. The number of carbonyl (C=O) groups excluding carboxylic acids is 2. The van der Waals surface area contributed by atoms with Gasteiger partial charge < -0.3 is 10.3 Å². The van der Waals surface area contributed by atoms with Crippen molar-refractivity contribution >= 4 is 28.4 Å². The molecular formula is C22H24N3O2+. The van der Waals surface area contributed by atoms with Crippen LogP contribution in [0, 0.1) is 0 Å². The average molecular weight is 362 g/mol. The molecule has 3 aromatic rings. The van der Waals surface area contributed by atoms with Crippen LogP contribution in [0.5, 0.6) is 0 Å². The van der Waals surface area contributed by atoms with E-state index in [9.17, 15) is 9.59 Å². The van der Waals surface area contributed by atoms with Crippen LogP contribution in [-0.4, -0.2) is 29.4 Å². The third-order valence-corrected chi connectivity index (χ3v) is 5.33. The van der Waals surface area contributed by atoms with Gasteiger partial charge in [0.05, 0.1) is 18.7 Å². The Labute approximate surface area is 158 Å². The largest absolute Gasteiger partial charge is 0.361 e. The topological polar surface area (TPSA) is 69.8 Å². The Kier molecular flexibility index (Phi) is 4.77. The first-order valence-corrected chi connectivity index (χ1v) is 9.52. The van der Waals surface area contributed by atoms with Crippen LogP contribution >= 0.6 is 0 Å². The van der Waals surface area contributed by atoms with Gasteiger partial charge in [0, 0.05) is 23.5 Å². The van der Waals surface area contributed by atoms with Gasteiger partial charge in [-0.1, -0.05) is 43.3 Å². The molecule has 0 spiro atoms. The van der Waals surface area contributed by atoms with Gasteiger partial charge in [-0.2, -0.15) is 0 Å². The summed E-state index contributed by atoms with van der Waals surface area (Å²) in [5.74, 6) is -0.200. The predicted molar refractivity (Wildman–Crippen MR) is 106 cm³/mol. The molecule has 1 saturated heterocycles. The predicted octanol–water partition coefficient (Wildman–Crippen LogP) is 2.17. The van der Waals surface area contributed by atoms with Crippen molar-refractivity contribution in [3.05, 3.63) is 65.9 Å². The first kappa shape index (κ1) is 17.5. The molecule has 0 aliphatic carbocycles. The number of amides is 2. The summed E-state index contributed by atoms with van der Waals surface area (Å²) < 4.78 is 0. The normalized spacial score (nSPS) is 17.2. The van der Waals surface area contributed by atoms with Gasteiger partial charge in [0.1, 0.15) is 0 Å². The van der Waals surface area contributed by atoms with Crippen molar-refractivity contribution in [2.24, 2.45) is 0 Å². The molecule has 27 heavy (non-hydrogen) atoms. The number of quaternary nitrogens is 1. The van der Waals surface area contributed by atoms with Crippen molar-refractivity contribution in [3.8, 4) is 0 Å². The van der Waals surface area contributed by atoms with Gasteiger partial charge in [0.15, 0.2) is 6.04 Å². The van der Waals surface area contributed by atoms with E-state index < -0.39 is 0 Å². The zero-order valence-electron chi connectivity index (χ0n) is 15.4. The van der Waals surface area contributed by atoms with Crippen LogP contribution in [0.1, 0.15) is 24.5 Å². The number of aromatic nitrogens is 1. The summed E-state index contributed by atoms with van der Waals surface area (Å²) in [5.41, 5.74) is 4.13. The fourth-order valence-corrected chi connectivity index (χ4v) is 3.90. The Balaban J connectivity index is 1.43. The number of aryl methyl sites for hydroxylation is 1. The summed E-state index contributed by atoms with van der Waals surface area (Å²) in [6.07, 6.45) is 3.95. The second-order valence-electron chi connectivity index (χ2n) is 6.99. The zero-order valence-corrected chi connectivity index (χ0v) is 15.4. The molecule has 1 aliphatic rings. The molecule has 0 unspecified atom stereocenters. The third-order valence-electron chi connectivity index (χ3n) is 5.33. The molecule has 1 aliphatic heterocycles. The molecule has 3 N–H and O–H groups in total. The summed E-state index contributed by atoms with van der Waals surface area (Å²) >= 11 is 0. The second kappa shape index (κ2) is 7.37. The lowest BCUT2D eigenvalue weighted by Crippen LogP contribution is -2.92. The number of nitrogens with zero attached hydrogens (tertiary/aromatic N) is 1. The van der Waals surface area contributed by atoms with Crippen LogP contribution in [-0.2, 0) is 22.4 Å². The smallest absolute Gasteiger partial charge is 0.292 e. The fraction of sp³-hybridized carbons (Fsp3) is 0.273. The number of fused-ring (bicyclic) bond motifs is 1. The molecule has 138 valence electrons. The van der Waals surface area contributed by atoms with Crippen LogP contribution in [0.4, 0.5) is 5.69 Å². The number of benzene rings is 2. The van der Waals surface area contributed by atoms with Crippen molar-refractivity contribution in [1.29, 1.82) is 0 Å². The van der Waals surface area contributed by atoms with Crippen LogP contribution < -0.4 is 10.2 Å². The van der Waals surface area contributed by atoms with E-state index in [-0.39, 0.29) is 24.3 Å². The highest BCUT2D eigenvalue weighted by Gasteiger charge is 2.42. The van der Waals surface area contributed by atoms with Gasteiger partial charge in [0.2, 0.25) is 5.91 Å². The molecule has 0 radical (unpaired) electrons. The van der Waals surface area contributed by atoms with Crippen molar-refractivity contribution in [3.63, 3.8) is 0 Å². The maximum atomic E-state index is 12.9. The van der Waals surface area contributed by atoms with Crippen LogP contribution in [0.2, 0.25) is 0 Å². The summed E-state index contributed by atoms with van der Waals surface area (Å²) in [5, 5.41) is 3.23. The summed E-state index contributed by atoms with van der Waals surface area (Å²) in [6, 6.07) is 15.5. The minimum atomic E-state index is -0.326. The van der Waals surface area contributed by atoms with E-state index >= 15 is 0 Å². The first-order chi connectivity index (χ1) is 13.2. The Bertz CT molecular complexity index is 992. The lowest BCUT2D eigenvalue weighted by Gasteiger charge is -2.17. The third kappa shape index (κ3) is 3.26. The van der Waals surface area contributed by atoms with Crippen LogP contribution in [0.25, 0.3) is 10.9 Å². The van der Waals surface area contributed by atoms with E-state index in [4.69, 9.17) is 0 Å². The Hall–Kier alpha value is -2.92. The van der Waals surface area contributed by atoms with Gasteiger partial charge >= 0.3 is 0 Å². The molecule has 2 aromatic carbocycles. The first-order valence-electron chi connectivity index (χ1n) is 9.52. The number of rotatable bonds is 6. The van der Waals surface area contributed by atoms with Crippen molar-refractivity contribution in [2.45, 2.75) is 32.2 Å². The van der Waals surface area contributed by atoms with E-state index in [1.165, 1.54) is 15.8 Å². The van der Waals surface area contributed by atoms with Gasteiger partial charge in [-0.3, -0.25) is 9.59 Å². The van der Waals surface area contributed by atoms with Gasteiger partial charge in [-0.25, -0.2) is 4.90 Å². The highest BCUT2D eigenvalue weighted by Crippen LogP contribution is 2.26. The quantitative estimate of drug-likeness (QED) is 0.660. The van der Waals surface area contributed by atoms with Gasteiger partial charge in [-0.05, 0) is 29.7 Å². The SMILES string of the molecule is CCc1ccccc1N1C(=O)C[C@@H]([NH2+]CCc2c[nH]c3ccccc23)C1=O. The molecule has 1 fully saturated rings. The Morgan fingerprint density at radius 1 is 1.07 bits per heavy atom. The van der Waals surface area contributed by atoms with Crippen LogP contribution in [0.3, 0.4) is 0 Å². The zero-order chi connectivity index (χ0) is 18.8. The van der Waals surface area contributed by atoms with Crippen molar-refractivity contribution < 1.29 is 14.9 Å². The fourth-order valence-electron chi connectivity index (χ4n) is 3.90. The van der Waals surface area contributed by atoms with E-state index in [0.717, 1.165) is 36.2 Å². The number of carbonyl (C=O) groups is 2. The van der Waals surface area contributed by atoms with E-state index in [2.05, 4.69) is 17.1 Å². The van der Waals surface area contributed by atoms with Gasteiger partial charge in [-0.15, -0.1) is 0 Å². The molecule has 0 saturated carbocycles. The lowest BCUT2D eigenvalue weighted by molar-refractivity contribution is -0.674. The summed E-state index contributed by atoms with van der Waals surface area (Å²) in [4.78, 5) is 30.0. The van der Waals surface area contributed by atoms with Gasteiger partial charge in [0.25, 0.3) is 5.91 Å². The average Bonchev–Trinajstić information content (AvgIpc) is 3.23. The number of nitrogens with one attached hydrogen (secondary N) is 1. The molecular weight excluding hydrogens is 338 g/mol. The highest BCUT2D eigenvalue weighted by molar-refractivity contribution is 6.22. The Morgan fingerprint density at radius 3 is 2.70 bits per heavy atom. The molecule has 4 rings (SSSR count). The van der Waals surface area contributed by atoms with Crippen LogP contribution in [0.15, 0.2) is 54.7 Å². The van der Waals surface area contributed by atoms with Crippen molar-refractivity contribution in [1.82, 2.24) is 4.98 Å². The minimum Gasteiger partial charge on any atom is -0.361 e. The number of H-pyrrole nitrogens is 1.